The summed E-state index contributed by atoms with van der Waals surface area (Å²) in [6, 6.07) is 2.68. The summed E-state index contributed by atoms with van der Waals surface area (Å²) in [6.45, 7) is 3.94. The van der Waals surface area contributed by atoms with Crippen molar-refractivity contribution in [3.05, 3.63) is 22.4 Å². The molecule has 1 rings (SSSR count). The van der Waals surface area contributed by atoms with Gasteiger partial charge in [0.25, 0.3) is 0 Å². The third-order valence-electron chi connectivity index (χ3n) is 2.38. The number of nitrogens with zero attached hydrogens (tertiary/aromatic N) is 1. The summed E-state index contributed by atoms with van der Waals surface area (Å²) < 4.78 is 0. The summed E-state index contributed by atoms with van der Waals surface area (Å²) in [7, 11) is 2.14. The van der Waals surface area contributed by atoms with Crippen LogP contribution >= 0.6 is 11.3 Å². The van der Waals surface area contributed by atoms with Gasteiger partial charge >= 0.3 is 0 Å². The maximum atomic E-state index is 5.67. The smallest absolute Gasteiger partial charge is 0.0242 e. The van der Waals surface area contributed by atoms with E-state index >= 15 is 0 Å². The van der Waals surface area contributed by atoms with Crippen molar-refractivity contribution >= 4 is 11.3 Å². The Morgan fingerprint density at radius 3 is 2.85 bits per heavy atom. The summed E-state index contributed by atoms with van der Waals surface area (Å²) >= 11 is 1.75. The lowest BCUT2D eigenvalue weighted by Crippen LogP contribution is -2.36. The third-order valence-corrected chi connectivity index (χ3v) is 3.11. The Kier molecular flexibility index (Phi) is 4.42. The number of hydrogen-bond acceptors (Lipinski definition) is 3. The SMILES string of the molecule is CCC(CN)N(C)Cc1ccsc1. The number of rotatable bonds is 5. The first-order valence-corrected chi connectivity index (χ1v) is 5.63. The molecule has 0 aliphatic carbocycles. The molecule has 1 heterocycles. The van der Waals surface area contributed by atoms with Gasteiger partial charge in [0.1, 0.15) is 0 Å². The Labute approximate surface area is 84.4 Å². The van der Waals surface area contributed by atoms with Crippen LogP contribution in [0, 0.1) is 0 Å². The Morgan fingerprint density at radius 1 is 1.62 bits per heavy atom. The van der Waals surface area contributed by atoms with Crippen molar-refractivity contribution in [3.8, 4) is 0 Å². The first kappa shape index (κ1) is 10.7. The highest BCUT2D eigenvalue weighted by Crippen LogP contribution is 2.11. The summed E-state index contributed by atoms with van der Waals surface area (Å²) in [6.07, 6.45) is 1.12. The molecule has 13 heavy (non-hydrogen) atoms. The van der Waals surface area contributed by atoms with Crippen LogP contribution in [0.25, 0.3) is 0 Å². The maximum absolute atomic E-state index is 5.67. The van der Waals surface area contributed by atoms with Crippen molar-refractivity contribution in [2.75, 3.05) is 13.6 Å². The quantitative estimate of drug-likeness (QED) is 0.783. The number of likely N-dealkylation sites (N-methyl/N-ethyl adjacent to an activating group) is 1. The van der Waals surface area contributed by atoms with Gasteiger partial charge in [-0.2, -0.15) is 11.3 Å². The van der Waals surface area contributed by atoms with Crippen molar-refractivity contribution in [1.29, 1.82) is 0 Å². The Bertz CT molecular complexity index is 217. The van der Waals surface area contributed by atoms with E-state index in [1.54, 1.807) is 11.3 Å². The fraction of sp³-hybridized carbons (Fsp3) is 0.600. The van der Waals surface area contributed by atoms with Gasteiger partial charge in [0.05, 0.1) is 0 Å². The van der Waals surface area contributed by atoms with Gasteiger partial charge in [-0.25, -0.2) is 0 Å². The van der Waals surface area contributed by atoms with E-state index in [0.29, 0.717) is 6.04 Å². The van der Waals surface area contributed by atoms with Crippen LogP contribution < -0.4 is 5.73 Å². The van der Waals surface area contributed by atoms with Crippen LogP contribution in [-0.4, -0.2) is 24.5 Å². The number of thiophene rings is 1. The van der Waals surface area contributed by atoms with Crippen LogP contribution in [0.2, 0.25) is 0 Å². The molecule has 0 bridgehead atoms. The highest BCUT2D eigenvalue weighted by atomic mass is 32.1. The van der Waals surface area contributed by atoms with Gasteiger partial charge in [0.15, 0.2) is 0 Å². The Balaban J connectivity index is 2.44. The average molecular weight is 198 g/mol. The van der Waals surface area contributed by atoms with Gasteiger partial charge in [0.2, 0.25) is 0 Å². The average Bonchev–Trinajstić information content (AvgIpc) is 2.59. The fourth-order valence-electron chi connectivity index (χ4n) is 1.46. The number of hydrogen-bond donors (Lipinski definition) is 1. The van der Waals surface area contributed by atoms with Gasteiger partial charge < -0.3 is 5.73 Å². The molecule has 0 saturated heterocycles. The van der Waals surface area contributed by atoms with Crippen molar-refractivity contribution in [2.24, 2.45) is 5.73 Å². The fourth-order valence-corrected chi connectivity index (χ4v) is 2.12. The minimum absolute atomic E-state index is 0.514. The molecule has 0 aromatic carbocycles. The number of nitrogens with two attached hydrogens (primary N) is 1. The largest absolute Gasteiger partial charge is 0.329 e. The van der Waals surface area contributed by atoms with Gasteiger partial charge in [-0.05, 0) is 35.9 Å². The standard InChI is InChI=1S/C10H18N2S/c1-3-10(6-11)12(2)7-9-4-5-13-8-9/h4-5,8,10H,3,6-7,11H2,1-2H3. The lowest BCUT2D eigenvalue weighted by molar-refractivity contribution is 0.233. The molecule has 1 aromatic heterocycles. The van der Waals surface area contributed by atoms with Crippen LogP contribution in [0.4, 0.5) is 0 Å². The minimum Gasteiger partial charge on any atom is -0.329 e. The van der Waals surface area contributed by atoms with Gasteiger partial charge in [-0.1, -0.05) is 6.92 Å². The van der Waals surface area contributed by atoms with Crippen molar-refractivity contribution in [1.82, 2.24) is 4.90 Å². The molecular formula is C10H18N2S. The topological polar surface area (TPSA) is 29.3 Å². The minimum atomic E-state index is 0.514. The zero-order valence-corrected chi connectivity index (χ0v) is 9.18. The molecule has 2 nitrogen and oxygen atoms in total. The van der Waals surface area contributed by atoms with E-state index in [1.807, 2.05) is 0 Å². The van der Waals surface area contributed by atoms with Gasteiger partial charge in [-0.3, -0.25) is 4.90 Å². The van der Waals surface area contributed by atoms with E-state index in [0.717, 1.165) is 19.5 Å². The van der Waals surface area contributed by atoms with Crippen LogP contribution in [0.1, 0.15) is 18.9 Å². The van der Waals surface area contributed by atoms with E-state index < -0.39 is 0 Å². The highest BCUT2D eigenvalue weighted by Gasteiger charge is 2.10. The lowest BCUT2D eigenvalue weighted by Gasteiger charge is -2.25. The van der Waals surface area contributed by atoms with Crippen LogP contribution in [-0.2, 0) is 6.54 Å². The van der Waals surface area contributed by atoms with Gasteiger partial charge in [-0.15, -0.1) is 0 Å². The first-order valence-electron chi connectivity index (χ1n) is 4.69. The summed E-state index contributed by atoms with van der Waals surface area (Å²) in [5, 5.41) is 4.31. The Morgan fingerprint density at radius 2 is 2.38 bits per heavy atom. The molecule has 2 N–H and O–H groups in total. The molecule has 0 saturated carbocycles. The second-order valence-electron chi connectivity index (χ2n) is 3.34. The van der Waals surface area contributed by atoms with Crippen LogP contribution in [0.5, 0.6) is 0 Å². The second kappa shape index (κ2) is 5.37. The molecule has 1 unspecified atom stereocenters. The predicted octanol–water partition coefficient (Wildman–Crippen LogP) is 1.92. The first-order chi connectivity index (χ1) is 6.27. The van der Waals surface area contributed by atoms with E-state index in [-0.39, 0.29) is 0 Å². The van der Waals surface area contributed by atoms with E-state index in [2.05, 4.69) is 35.7 Å². The van der Waals surface area contributed by atoms with Crippen molar-refractivity contribution in [3.63, 3.8) is 0 Å². The molecule has 0 fully saturated rings. The lowest BCUT2D eigenvalue weighted by atomic mass is 10.2. The summed E-state index contributed by atoms with van der Waals surface area (Å²) in [5.74, 6) is 0. The second-order valence-corrected chi connectivity index (χ2v) is 4.12. The molecule has 1 aromatic rings. The van der Waals surface area contributed by atoms with E-state index in [4.69, 9.17) is 5.73 Å². The molecule has 0 aliphatic heterocycles. The molecule has 3 heteroatoms. The molecular weight excluding hydrogens is 180 g/mol. The molecule has 1 atom stereocenters. The van der Waals surface area contributed by atoms with Gasteiger partial charge in [0, 0.05) is 19.1 Å². The normalized spacial score (nSPS) is 13.5. The van der Waals surface area contributed by atoms with E-state index in [9.17, 15) is 0 Å². The zero-order valence-electron chi connectivity index (χ0n) is 8.36. The summed E-state index contributed by atoms with van der Waals surface area (Å²) in [5.41, 5.74) is 7.06. The molecule has 74 valence electrons. The predicted molar refractivity (Wildman–Crippen MR) is 58.9 cm³/mol. The van der Waals surface area contributed by atoms with E-state index in [1.165, 1.54) is 5.56 Å². The van der Waals surface area contributed by atoms with Crippen LogP contribution in [0.15, 0.2) is 16.8 Å². The molecule has 0 spiro atoms. The summed E-state index contributed by atoms with van der Waals surface area (Å²) in [4.78, 5) is 2.32. The third kappa shape index (κ3) is 3.10. The monoisotopic (exact) mass is 198 g/mol. The maximum Gasteiger partial charge on any atom is 0.0242 e. The van der Waals surface area contributed by atoms with Crippen molar-refractivity contribution in [2.45, 2.75) is 25.9 Å². The molecule has 0 radical (unpaired) electrons. The zero-order chi connectivity index (χ0) is 9.68. The molecule has 0 amide bonds. The highest BCUT2D eigenvalue weighted by molar-refractivity contribution is 7.07. The van der Waals surface area contributed by atoms with Crippen molar-refractivity contribution < 1.29 is 0 Å². The Hall–Kier alpha value is -0.380. The van der Waals surface area contributed by atoms with Crippen LogP contribution in [0.3, 0.4) is 0 Å². The molecule has 0 aliphatic rings.